The van der Waals surface area contributed by atoms with Crippen LogP contribution >= 0.6 is 0 Å². The Morgan fingerprint density at radius 2 is 2.00 bits per heavy atom. The van der Waals surface area contributed by atoms with E-state index < -0.39 is 0 Å². The van der Waals surface area contributed by atoms with Crippen molar-refractivity contribution < 1.29 is 5.11 Å². The van der Waals surface area contributed by atoms with Gasteiger partial charge in [-0.2, -0.15) is 0 Å². The highest BCUT2D eigenvalue weighted by Crippen LogP contribution is 2.26. The molecule has 3 heteroatoms. The maximum Gasteiger partial charge on any atom is 0.0658 e. The number of anilines is 1. The first kappa shape index (κ1) is 13.0. The van der Waals surface area contributed by atoms with Gasteiger partial charge in [-0.05, 0) is 38.0 Å². The number of aliphatic hydroxyl groups excluding tert-OH is 1. The summed E-state index contributed by atoms with van der Waals surface area (Å²) in [4.78, 5) is 2.09. The van der Waals surface area contributed by atoms with Crippen LogP contribution in [0.15, 0.2) is 18.2 Å². The second-order valence-corrected chi connectivity index (χ2v) is 4.87. The van der Waals surface area contributed by atoms with Crippen molar-refractivity contribution in [3.8, 4) is 0 Å². The zero-order valence-electron chi connectivity index (χ0n) is 10.6. The van der Waals surface area contributed by atoms with E-state index in [1.54, 1.807) is 0 Å². The number of hydrogen-bond donors (Lipinski definition) is 2. The second kappa shape index (κ2) is 4.85. The number of aliphatic hydroxyl groups is 1. The largest absolute Gasteiger partial charge is 0.394 e. The summed E-state index contributed by atoms with van der Waals surface area (Å²) < 4.78 is 0. The number of nitrogens with two attached hydrogens (primary N) is 1. The Morgan fingerprint density at radius 1 is 1.38 bits per heavy atom. The van der Waals surface area contributed by atoms with Gasteiger partial charge in [0.05, 0.1) is 12.1 Å². The third-order valence-corrected chi connectivity index (χ3v) is 3.12. The molecule has 0 spiro atoms. The Kier molecular flexibility index (Phi) is 3.94. The summed E-state index contributed by atoms with van der Waals surface area (Å²) in [6.45, 7) is 6.71. The number of rotatable bonds is 4. The average molecular weight is 222 g/mol. The summed E-state index contributed by atoms with van der Waals surface area (Å²) in [6, 6.07) is 6.22. The molecule has 0 bridgehead atoms. The van der Waals surface area contributed by atoms with Crippen LogP contribution in [-0.2, 0) is 6.54 Å². The number of benzene rings is 1. The highest BCUT2D eigenvalue weighted by molar-refractivity contribution is 5.56. The maximum absolute atomic E-state index is 9.39. The van der Waals surface area contributed by atoms with Gasteiger partial charge in [-0.25, -0.2) is 0 Å². The van der Waals surface area contributed by atoms with Gasteiger partial charge in [0.15, 0.2) is 0 Å². The first-order valence-electron chi connectivity index (χ1n) is 5.56. The molecule has 0 amide bonds. The van der Waals surface area contributed by atoms with Gasteiger partial charge in [0, 0.05) is 19.3 Å². The van der Waals surface area contributed by atoms with Crippen molar-refractivity contribution in [2.45, 2.75) is 32.9 Å². The van der Waals surface area contributed by atoms with E-state index in [0.717, 1.165) is 11.3 Å². The molecule has 16 heavy (non-hydrogen) atoms. The van der Waals surface area contributed by atoms with E-state index in [9.17, 15) is 5.11 Å². The molecule has 0 heterocycles. The minimum Gasteiger partial charge on any atom is -0.394 e. The summed E-state index contributed by atoms with van der Waals surface area (Å²) in [5.74, 6) is 0. The van der Waals surface area contributed by atoms with Gasteiger partial charge >= 0.3 is 0 Å². The van der Waals surface area contributed by atoms with Crippen LogP contribution < -0.4 is 10.6 Å². The fourth-order valence-corrected chi connectivity index (χ4v) is 1.59. The van der Waals surface area contributed by atoms with E-state index in [1.807, 2.05) is 20.9 Å². The molecule has 0 saturated carbocycles. The summed E-state index contributed by atoms with van der Waals surface area (Å²) in [7, 11) is 1.99. The molecule has 0 saturated heterocycles. The van der Waals surface area contributed by atoms with Gasteiger partial charge < -0.3 is 15.7 Å². The molecule has 0 atom stereocenters. The predicted octanol–water partition coefficient (Wildman–Crippen LogP) is 1.66. The number of nitrogens with zero attached hydrogens (tertiary/aromatic N) is 1. The molecular formula is C13H22N2O. The predicted molar refractivity (Wildman–Crippen MR) is 68.6 cm³/mol. The van der Waals surface area contributed by atoms with Crippen molar-refractivity contribution in [2.75, 3.05) is 18.6 Å². The molecule has 0 aliphatic heterocycles. The Balaban J connectivity index is 3.16. The highest BCUT2D eigenvalue weighted by Gasteiger charge is 2.24. The fraction of sp³-hybridized carbons (Fsp3) is 0.538. The van der Waals surface area contributed by atoms with Crippen LogP contribution in [0.5, 0.6) is 0 Å². The standard InChI is InChI=1S/C13H22N2O/c1-10-5-6-11(8-14)12(7-10)15(4)13(2,3)9-16/h5-7,16H,8-9,14H2,1-4H3. The van der Waals surface area contributed by atoms with Crippen LogP contribution in [0.2, 0.25) is 0 Å². The Morgan fingerprint density at radius 3 is 2.50 bits per heavy atom. The third-order valence-electron chi connectivity index (χ3n) is 3.12. The molecule has 90 valence electrons. The zero-order valence-corrected chi connectivity index (χ0v) is 10.6. The second-order valence-electron chi connectivity index (χ2n) is 4.87. The van der Waals surface area contributed by atoms with Crippen LogP contribution in [0.1, 0.15) is 25.0 Å². The molecule has 0 aliphatic carbocycles. The number of aryl methyl sites for hydroxylation is 1. The Bertz CT molecular complexity index is 361. The van der Waals surface area contributed by atoms with Crippen molar-refractivity contribution in [3.05, 3.63) is 29.3 Å². The molecular weight excluding hydrogens is 200 g/mol. The van der Waals surface area contributed by atoms with Crippen molar-refractivity contribution in [1.82, 2.24) is 0 Å². The fourth-order valence-electron chi connectivity index (χ4n) is 1.59. The van der Waals surface area contributed by atoms with Gasteiger partial charge in [-0.1, -0.05) is 12.1 Å². The highest BCUT2D eigenvalue weighted by atomic mass is 16.3. The molecule has 0 aromatic heterocycles. The van der Waals surface area contributed by atoms with Crippen LogP contribution in [0.3, 0.4) is 0 Å². The molecule has 0 radical (unpaired) electrons. The average Bonchev–Trinajstić information content (AvgIpc) is 2.28. The first-order valence-corrected chi connectivity index (χ1v) is 5.56. The summed E-state index contributed by atoms with van der Waals surface area (Å²) in [6.07, 6.45) is 0. The molecule has 1 aromatic rings. The quantitative estimate of drug-likeness (QED) is 0.814. The lowest BCUT2D eigenvalue weighted by Crippen LogP contribution is -2.45. The monoisotopic (exact) mass is 222 g/mol. The molecule has 0 unspecified atom stereocenters. The lowest BCUT2D eigenvalue weighted by atomic mass is 10.0. The van der Waals surface area contributed by atoms with Crippen molar-refractivity contribution >= 4 is 5.69 Å². The molecule has 1 aromatic carbocycles. The van der Waals surface area contributed by atoms with Crippen molar-refractivity contribution in [3.63, 3.8) is 0 Å². The van der Waals surface area contributed by atoms with Gasteiger partial charge in [0.1, 0.15) is 0 Å². The topological polar surface area (TPSA) is 49.5 Å². The minimum atomic E-state index is -0.280. The van der Waals surface area contributed by atoms with E-state index >= 15 is 0 Å². The lowest BCUT2D eigenvalue weighted by Gasteiger charge is -2.37. The Labute approximate surface area is 97.9 Å². The number of likely N-dealkylation sites (N-methyl/N-ethyl adjacent to an activating group) is 1. The van der Waals surface area contributed by atoms with Crippen LogP contribution in [0.25, 0.3) is 0 Å². The molecule has 0 aliphatic rings. The van der Waals surface area contributed by atoms with Gasteiger partial charge in [0.25, 0.3) is 0 Å². The van der Waals surface area contributed by atoms with Crippen LogP contribution in [-0.4, -0.2) is 24.3 Å². The van der Waals surface area contributed by atoms with Gasteiger partial charge in [-0.15, -0.1) is 0 Å². The third kappa shape index (κ3) is 2.54. The van der Waals surface area contributed by atoms with Crippen molar-refractivity contribution in [1.29, 1.82) is 0 Å². The van der Waals surface area contributed by atoms with Gasteiger partial charge in [0.2, 0.25) is 0 Å². The molecule has 3 N–H and O–H groups in total. The van der Waals surface area contributed by atoms with E-state index in [0.29, 0.717) is 6.54 Å². The zero-order chi connectivity index (χ0) is 12.3. The number of hydrogen-bond acceptors (Lipinski definition) is 3. The van der Waals surface area contributed by atoms with E-state index in [2.05, 4.69) is 30.0 Å². The maximum atomic E-state index is 9.39. The summed E-state index contributed by atoms with van der Waals surface area (Å²) in [5.41, 5.74) is 8.86. The summed E-state index contributed by atoms with van der Waals surface area (Å²) in [5, 5.41) is 9.39. The first-order chi connectivity index (χ1) is 7.42. The molecule has 1 rings (SSSR count). The summed E-state index contributed by atoms with van der Waals surface area (Å²) >= 11 is 0. The van der Waals surface area contributed by atoms with E-state index in [4.69, 9.17) is 5.73 Å². The molecule has 0 fully saturated rings. The van der Waals surface area contributed by atoms with E-state index in [1.165, 1.54) is 5.56 Å². The van der Waals surface area contributed by atoms with Gasteiger partial charge in [-0.3, -0.25) is 0 Å². The van der Waals surface area contributed by atoms with Crippen LogP contribution in [0.4, 0.5) is 5.69 Å². The SMILES string of the molecule is Cc1ccc(CN)c(N(C)C(C)(C)CO)c1. The van der Waals surface area contributed by atoms with Crippen molar-refractivity contribution in [2.24, 2.45) is 5.73 Å². The van der Waals surface area contributed by atoms with Crippen LogP contribution in [0, 0.1) is 6.92 Å². The Hall–Kier alpha value is -1.06. The van der Waals surface area contributed by atoms with E-state index in [-0.39, 0.29) is 12.1 Å². The smallest absolute Gasteiger partial charge is 0.0658 e. The minimum absolute atomic E-state index is 0.113. The normalized spacial score (nSPS) is 11.6. The molecule has 3 nitrogen and oxygen atoms in total. The lowest BCUT2D eigenvalue weighted by molar-refractivity contribution is 0.216.